The smallest absolute Gasteiger partial charge is 0.0519 e. The van der Waals surface area contributed by atoms with Gasteiger partial charge in [-0.2, -0.15) is 0 Å². The number of benzene rings is 1. The molecule has 19 heavy (non-hydrogen) atoms. The number of nitrogens with zero attached hydrogens (tertiary/aromatic N) is 1. The van der Waals surface area contributed by atoms with Gasteiger partial charge in [-0.25, -0.2) is 0 Å². The summed E-state index contributed by atoms with van der Waals surface area (Å²) in [6.07, 6.45) is 0. The fraction of sp³-hybridized carbons (Fsp3) is 0.333. The number of anilines is 1. The summed E-state index contributed by atoms with van der Waals surface area (Å²) in [6.45, 7) is 4.04. The van der Waals surface area contributed by atoms with Gasteiger partial charge in [-0.1, -0.05) is 6.07 Å². The summed E-state index contributed by atoms with van der Waals surface area (Å²) in [7, 11) is 4.12. The van der Waals surface area contributed by atoms with Crippen LogP contribution in [0.4, 0.5) is 5.69 Å². The minimum absolute atomic E-state index is 0.924. The van der Waals surface area contributed by atoms with Crippen LogP contribution in [0, 0.1) is 6.92 Å². The van der Waals surface area contributed by atoms with Crippen LogP contribution in [0.2, 0.25) is 0 Å². The Hall–Kier alpha value is -0.840. The van der Waals surface area contributed by atoms with Crippen LogP contribution < -0.4 is 10.2 Å². The summed E-state index contributed by atoms with van der Waals surface area (Å²) >= 11 is 5.29. The van der Waals surface area contributed by atoms with Gasteiger partial charge in [0.15, 0.2) is 0 Å². The Balaban J connectivity index is 2.10. The number of aryl methyl sites for hydroxylation is 1. The lowest BCUT2D eigenvalue weighted by Crippen LogP contribution is -2.16. The Labute approximate surface area is 127 Å². The first-order chi connectivity index (χ1) is 9.10. The van der Waals surface area contributed by atoms with Crippen molar-refractivity contribution >= 4 is 33.0 Å². The zero-order valence-corrected chi connectivity index (χ0v) is 13.9. The largest absolute Gasteiger partial charge is 0.369 e. The van der Waals surface area contributed by atoms with Crippen LogP contribution in [0.25, 0.3) is 0 Å². The van der Waals surface area contributed by atoms with Crippen molar-refractivity contribution in [1.29, 1.82) is 0 Å². The minimum Gasteiger partial charge on any atom is -0.369 e. The standard InChI is InChI=1S/C15H19BrN2S/c1-11-6-14(5-4-12(11)8-17-2)18(3)9-15-7-13(16)10-19-15/h4-7,10,17H,8-9H2,1-3H3. The predicted molar refractivity (Wildman–Crippen MR) is 88.1 cm³/mol. The molecule has 0 atom stereocenters. The van der Waals surface area contributed by atoms with Crippen LogP contribution in [0.5, 0.6) is 0 Å². The average Bonchev–Trinajstić information content (AvgIpc) is 2.77. The van der Waals surface area contributed by atoms with Crippen LogP contribution in [0.3, 0.4) is 0 Å². The summed E-state index contributed by atoms with van der Waals surface area (Å²) in [5, 5.41) is 5.33. The third-order valence-corrected chi connectivity index (χ3v) is 4.83. The molecule has 0 aliphatic heterocycles. The topological polar surface area (TPSA) is 15.3 Å². The van der Waals surface area contributed by atoms with Crippen LogP contribution in [0.1, 0.15) is 16.0 Å². The van der Waals surface area contributed by atoms with E-state index in [0.717, 1.165) is 13.1 Å². The second kappa shape index (κ2) is 6.55. The van der Waals surface area contributed by atoms with Crippen molar-refractivity contribution in [3.05, 3.63) is 50.1 Å². The molecule has 2 nitrogen and oxygen atoms in total. The third-order valence-electron chi connectivity index (χ3n) is 3.15. The molecular weight excluding hydrogens is 320 g/mol. The first kappa shape index (κ1) is 14.6. The third kappa shape index (κ3) is 3.81. The molecule has 0 radical (unpaired) electrons. The van der Waals surface area contributed by atoms with Crippen molar-refractivity contribution in [1.82, 2.24) is 5.32 Å². The molecule has 2 aromatic rings. The summed E-state index contributed by atoms with van der Waals surface area (Å²) in [5.41, 5.74) is 3.96. The number of nitrogens with one attached hydrogen (secondary N) is 1. The molecule has 0 fully saturated rings. The number of thiophene rings is 1. The highest BCUT2D eigenvalue weighted by Gasteiger charge is 2.06. The molecular formula is C15H19BrN2S. The molecule has 1 aromatic carbocycles. The molecule has 1 aromatic heterocycles. The quantitative estimate of drug-likeness (QED) is 0.879. The highest BCUT2D eigenvalue weighted by molar-refractivity contribution is 9.10. The number of hydrogen-bond donors (Lipinski definition) is 1. The van der Waals surface area contributed by atoms with Crippen molar-refractivity contribution in [2.75, 3.05) is 19.0 Å². The number of rotatable bonds is 5. The molecule has 0 spiro atoms. The highest BCUT2D eigenvalue weighted by atomic mass is 79.9. The summed E-state index contributed by atoms with van der Waals surface area (Å²) < 4.78 is 1.17. The minimum atomic E-state index is 0.924. The van der Waals surface area contributed by atoms with Gasteiger partial charge in [0.05, 0.1) is 6.54 Å². The summed E-state index contributed by atoms with van der Waals surface area (Å²) in [6, 6.07) is 8.85. The van der Waals surface area contributed by atoms with E-state index in [1.54, 1.807) is 11.3 Å². The van der Waals surface area contributed by atoms with E-state index < -0.39 is 0 Å². The number of hydrogen-bond acceptors (Lipinski definition) is 3. The maximum Gasteiger partial charge on any atom is 0.0519 e. The number of halogens is 1. The van der Waals surface area contributed by atoms with Gasteiger partial charge in [0.1, 0.15) is 0 Å². The lowest BCUT2D eigenvalue weighted by Gasteiger charge is -2.20. The highest BCUT2D eigenvalue weighted by Crippen LogP contribution is 2.24. The van der Waals surface area contributed by atoms with Gasteiger partial charge in [0.2, 0.25) is 0 Å². The molecule has 0 aliphatic carbocycles. The monoisotopic (exact) mass is 338 g/mol. The molecule has 0 bridgehead atoms. The van der Waals surface area contributed by atoms with Gasteiger partial charge in [-0.05, 0) is 59.2 Å². The van der Waals surface area contributed by atoms with Crippen molar-refractivity contribution in [2.45, 2.75) is 20.0 Å². The average molecular weight is 339 g/mol. The molecule has 1 N–H and O–H groups in total. The molecule has 0 saturated heterocycles. The molecule has 1 heterocycles. The van der Waals surface area contributed by atoms with Crippen LogP contribution in [-0.2, 0) is 13.1 Å². The Morgan fingerprint density at radius 2 is 2.11 bits per heavy atom. The molecule has 4 heteroatoms. The Kier molecular flexibility index (Phi) is 5.02. The van der Waals surface area contributed by atoms with Gasteiger partial charge in [0, 0.05) is 34.0 Å². The Bertz CT molecular complexity index is 551. The Morgan fingerprint density at radius 3 is 2.68 bits per heavy atom. The second-order valence-electron chi connectivity index (χ2n) is 4.73. The first-order valence-corrected chi connectivity index (χ1v) is 7.95. The Morgan fingerprint density at radius 1 is 1.32 bits per heavy atom. The van der Waals surface area contributed by atoms with Crippen LogP contribution in [-0.4, -0.2) is 14.1 Å². The van der Waals surface area contributed by atoms with Crippen molar-refractivity contribution in [3.63, 3.8) is 0 Å². The van der Waals surface area contributed by atoms with Gasteiger partial charge in [-0.3, -0.25) is 0 Å². The maximum atomic E-state index is 3.50. The zero-order valence-electron chi connectivity index (χ0n) is 11.5. The summed E-state index contributed by atoms with van der Waals surface area (Å²) in [4.78, 5) is 3.65. The van der Waals surface area contributed by atoms with E-state index in [9.17, 15) is 0 Å². The first-order valence-electron chi connectivity index (χ1n) is 6.28. The second-order valence-corrected chi connectivity index (χ2v) is 6.64. The normalized spacial score (nSPS) is 10.7. The van der Waals surface area contributed by atoms with Crippen molar-refractivity contribution in [2.24, 2.45) is 0 Å². The molecule has 0 unspecified atom stereocenters. The predicted octanol–water partition coefficient (Wildman–Crippen LogP) is 4.17. The van der Waals surface area contributed by atoms with Gasteiger partial charge >= 0.3 is 0 Å². The van der Waals surface area contributed by atoms with E-state index in [2.05, 4.69) is 69.8 Å². The zero-order chi connectivity index (χ0) is 13.8. The van der Waals surface area contributed by atoms with E-state index in [0.29, 0.717) is 0 Å². The van der Waals surface area contributed by atoms with Crippen molar-refractivity contribution < 1.29 is 0 Å². The van der Waals surface area contributed by atoms with Crippen molar-refractivity contribution in [3.8, 4) is 0 Å². The van der Waals surface area contributed by atoms with Crippen LogP contribution >= 0.6 is 27.3 Å². The summed E-state index contributed by atoms with van der Waals surface area (Å²) in [5.74, 6) is 0. The molecule has 0 amide bonds. The fourth-order valence-corrected chi connectivity index (χ4v) is 3.57. The van der Waals surface area contributed by atoms with E-state index in [1.165, 1.54) is 26.2 Å². The molecule has 102 valence electrons. The lowest BCUT2D eigenvalue weighted by atomic mass is 10.1. The molecule has 2 rings (SSSR count). The van der Waals surface area contributed by atoms with E-state index in [4.69, 9.17) is 0 Å². The fourth-order valence-electron chi connectivity index (χ4n) is 2.07. The van der Waals surface area contributed by atoms with Gasteiger partial charge < -0.3 is 10.2 Å². The SMILES string of the molecule is CNCc1ccc(N(C)Cc2cc(Br)cs2)cc1C. The van der Waals surface area contributed by atoms with E-state index >= 15 is 0 Å². The van der Waals surface area contributed by atoms with Crippen LogP contribution in [0.15, 0.2) is 34.1 Å². The molecule has 0 saturated carbocycles. The lowest BCUT2D eigenvalue weighted by molar-refractivity contribution is 0.811. The van der Waals surface area contributed by atoms with Gasteiger partial charge in [0.25, 0.3) is 0 Å². The molecule has 0 aliphatic rings. The maximum absolute atomic E-state index is 3.50. The van der Waals surface area contributed by atoms with Gasteiger partial charge in [-0.15, -0.1) is 11.3 Å². The van der Waals surface area contributed by atoms with E-state index in [-0.39, 0.29) is 0 Å². The van der Waals surface area contributed by atoms with E-state index in [1.807, 2.05) is 7.05 Å².